The van der Waals surface area contributed by atoms with Crippen LogP contribution in [0.25, 0.3) is 0 Å². The molecule has 0 fully saturated rings. The zero-order chi connectivity index (χ0) is 21.9. The molecule has 9 heteroatoms. The van der Waals surface area contributed by atoms with Gasteiger partial charge in [0.2, 0.25) is 0 Å². The fraction of sp³-hybridized carbons (Fsp3) is 0.889. The zero-order valence-corrected chi connectivity index (χ0v) is 19.8. The van der Waals surface area contributed by atoms with Crippen LogP contribution in [0.2, 0.25) is 8.87 Å². The molecule has 27 heavy (non-hydrogen) atoms. The molecule has 160 valence electrons. The summed E-state index contributed by atoms with van der Waals surface area (Å²) in [6.07, 6.45) is 5.84. The quantitative estimate of drug-likeness (QED) is 0.188. The van der Waals surface area contributed by atoms with Crippen molar-refractivity contribution in [3.63, 3.8) is 0 Å². The number of aliphatic hydroxyl groups is 4. The molecule has 0 saturated carbocycles. The van der Waals surface area contributed by atoms with E-state index < -0.39 is 49.2 Å². The minimum atomic E-state index is -1.50. The van der Waals surface area contributed by atoms with E-state index in [-0.39, 0.29) is 21.1 Å². The summed E-state index contributed by atoms with van der Waals surface area (Å²) in [5.41, 5.74) is -3.00. The van der Waals surface area contributed by atoms with E-state index in [1.807, 2.05) is 0 Å². The average Bonchev–Trinajstić information content (AvgIpc) is 2.67. The summed E-state index contributed by atoms with van der Waals surface area (Å²) in [6.45, 7) is 4.58. The molecule has 0 unspecified atom stereocenters. The van der Waals surface area contributed by atoms with Crippen molar-refractivity contribution in [2.24, 2.45) is 10.8 Å². The summed E-state index contributed by atoms with van der Waals surface area (Å²) in [5, 5.41) is 53.6. The molecule has 0 aromatic heterocycles. The molecule has 0 aromatic carbocycles. The normalized spacial score (nSPS) is 10.7. The second kappa shape index (κ2) is 18.9. The van der Waals surface area contributed by atoms with E-state index in [0.29, 0.717) is 0 Å². The number of aliphatic hydroxyl groups excluding tert-OH is 4. The van der Waals surface area contributed by atoms with Crippen LogP contribution in [-0.2, 0) is 9.59 Å². The third-order valence-corrected chi connectivity index (χ3v) is 7.83. The Morgan fingerprint density at radius 3 is 1.11 bits per heavy atom. The van der Waals surface area contributed by atoms with Gasteiger partial charge in [-0.15, -0.1) is 0 Å². The Morgan fingerprint density at radius 1 is 0.741 bits per heavy atom. The molecule has 0 rings (SSSR count). The number of unbranched alkanes of at least 4 members (excludes halogenated alkanes) is 2. The van der Waals surface area contributed by atoms with Gasteiger partial charge in [0.15, 0.2) is 0 Å². The first-order valence-corrected chi connectivity index (χ1v) is 13.2. The molecular formula is C18H36O8Sn. The zero-order valence-electron chi connectivity index (χ0n) is 17.0. The van der Waals surface area contributed by atoms with Crippen molar-refractivity contribution < 1.29 is 40.2 Å². The van der Waals surface area contributed by atoms with E-state index in [0.717, 1.165) is 0 Å². The molecule has 8 nitrogen and oxygen atoms in total. The Bertz CT molecular complexity index is 334. The summed E-state index contributed by atoms with van der Waals surface area (Å²) < 4.78 is 3.25. The van der Waals surface area contributed by atoms with Crippen LogP contribution in [0.4, 0.5) is 0 Å². The molecule has 0 aromatic rings. The van der Waals surface area contributed by atoms with Gasteiger partial charge in [0.05, 0.1) is 49.2 Å². The van der Waals surface area contributed by atoms with E-state index in [1.54, 1.807) is 8.87 Å². The average molecular weight is 499 g/mol. The van der Waals surface area contributed by atoms with E-state index in [4.69, 9.17) is 20.4 Å². The van der Waals surface area contributed by atoms with Crippen LogP contribution in [0.15, 0.2) is 0 Å². The molecule has 0 bridgehead atoms. The molecular weight excluding hydrogens is 463 g/mol. The van der Waals surface area contributed by atoms with Crippen molar-refractivity contribution in [2.45, 2.75) is 62.3 Å². The molecule has 0 spiro atoms. The van der Waals surface area contributed by atoms with E-state index in [9.17, 15) is 19.8 Å². The van der Waals surface area contributed by atoms with Gasteiger partial charge >= 0.3 is 69.5 Å². The van der Waals surface area contributed by atoms with Crippen molar-refractivity contribution in [1.29, 1.82) is 0 Å². The Morgan fingerprint density at radius 2 is 1.00 bits per heavy atom. The predicted molar refractivity (Wildman–Crippen MR) is 99.8 cm³/mol. The Labute approximate surface area is 172 Å². The van der Waals surface area contributed by atoms with Gasteiger partial charge in [0.25, 0.3) is 0 Å². The van der Waals surface area contributed by atoms with Crippen molar-refractivity contribution in [2.75, 3.05) is 26.4 Å². The number of carboxylic acids is 2. The maximum absolute atomic E-state index is 10.1. The van der Waals surface area contributed by atoms with Gasteiger partial charge < -0.3 is 40.2 Å². The molecule has 0 radical (unpaired) electrons. The number of carboxylic acid groups (broad SMARTS) is 2. The first kappa shape index (κ1) is 31.3. The van der Waals surface area contributed by atoms with Crippen LogP contribution in [0.1, 0.15) is 53.4 Å². The predicted octanol–water partition coefficient (Wildman–Crippen LogP) is -1.42. The number of hydrogen-bond donors (Lipinski definition) is 4. The van der Waals surface area contributed by atoms with Gasteiger partial charge in [-0.1, -0.05) is 0 Å². The summed E-state index contributed by atoms with van der Waals surface area (Å²) in [4.78, 5) is 20.1. The molecule has 0 saturated heterocycles. The topological polar surface area (TPSA) is 161 Å². The van der Waals surface area contributed by atoms with Gasteiger partial charge in [0, 0.05) is 0 Å². The number of aliphatic carboxylic acids is 2. The van der Waals surface area contributed by atoms with Gasteiger partial charge in [-0.3, -0.25) is 0 Å². The third-order valence-electron chi connectivity index (χ3n) is 3.80. The van der Waals surface area contributed by atoms with Gasteiger partial charge in [0.1, 0.15) is 0 Å². The van der Waals surface area contributed by atoms with Gasteiger partial charge in [-0.2, -0.15) is 0 Å². The number of hydrogen-bond acceptors (Lipinski definition) is 8. The third kappa shape index (κ3) is 16.3. The summed E-state index contributed by atoms with van der Waals surface area (Å²) in [7, 11) is 0. The van der Waals surface area contributed by atoms with E-state index in [2.05, 4.69) is 13.8 Å². The maximum atomic E-state index is 10.1. The molecule has 0 aliphatic heterocycles. The number of carbonyl (C=O) groups is 2. The van der Waals surface area contributed by atoms with Crippen LogP contribution in [0.5, 0.6) is 0 Å². The Hall–Kier alpha value is -0.421. The summed E-state index contributed by atoms with van der Waals surface area (Å²) in [5.74, 6) is -2.87. The van der Waals surface area contributed by atoms with Crippen molar-refractivity contribution in [3.8, 4) is 0 Å². The van der Waals surface area contributed by atoms with Gasteiger partial charge in [-0.25, -0.2) is 0 Å². The molecule has 0 aliphatic rings. The Balaban J connectivity index is -0.000000320. The monoisotopic (exact) mass is 500 g/mol. The Kier molecular flexibility index (Phi) is 21.9. The first-order chi connectivity index (χ1) is 12.5. The van der Waals surface area contributed by atoms with E-state index in [1.165, 1.54) is 39.5 Å². The second-order valence-electron chi connectivity index (χ2n) is 6.79. The summed E-state index contributed by atoms with van der Waals surface area (Å²) >= 11 is 0.149. The molecule has 0 aliphatic carbocycles. The van der Waals surface area contributed by atoms with Crippen LogP contribution >= 0.6 is 0 Å². The molecule has 0 amide bonds. The van der Waals surface area contributed by atoms with Gasteiger partial charge in [-0.05, 0) is 13.8 Å². The van der Waals surface area contributed by atoms with Crippen molar-refractivity contribution in [1.82, 2.24) is 0 Å². The van der Waals surface area contributed by atoms with Crippen LogP contribution in [0.3, 0.4) is 0 Å². The molecule has 4 N–H and O–H groups in total. The van der Waals surface area contributed by atoms with E-state index >= 15 is 0 Å². The number of carbonyl (C=O) groups excluding carboxylic acids is 2. The van der Waals surface area contributed by atoms with Crippen molar-refractivity contribution in [3.05, 3.63) is 0 Å². The van der Waals surface area contributed by atoms with Crippen molar-refractivity contribution >= 4 is 33.1 Å². The second-order valence-corrected chi connectivity index (χ2v) is 11.1. The van der Waals surface area contributed by atoms with Crippen LogP contribution in [-0.4, -0.2) is 79.9 Å². The standard InChI is InChI=1S/2C5H10O4.2C4H9.Sn/c2*1-5(2-6,3-7)4(8)9;2*1-3-4-2;/h2*6-7H,2-3H2,1H3,(H,8,9);2*1,3-4H2,2H3;/q;;;;+2/p-2. The molecule has 0 atom stereocenters. The number of rotatable bonds is 12. The summed E-state index contributed by atoms with van der Waals surface area (Å²) in [6, 6.07) is 0. The van der Waals surface area contributed by atoms with Crippen LogP contribution in [0, 0.1) is 10.8 Å². The van der Waals surface area contributed by atoms with Crippen LogP contribution < -0.4 is 10.2 Å². The minimum absolute atomic E-state index is 0.149. The molecule has 0 heterocycles. The fourth-order valence-electron chi connectivity index (χ4n) is 1.09. The first-order valence-electron chi connectivity index (χ1n) is 9.12. The fourth-order valence-corrected chi connectivity index (χ4v) is 5.25. The SMILES string of the molecule is CC(CO)(CO)C(=O)[O-].CC(CO)(CO)C(=O)[O-].CCC[CH2][Sn+2][CH2]CCC.